The van der Waals surface area contributed by atoms with Crippen LogP contribution in [0.3, 0.4) is 0 Å². The third-order valence-electron chi connectivity index (χ3n) is 3.80. The number of amides is 2. The number of carbonyl (C=O) groups is 1. The Kier molecular flexibility index (Phi) is 5.83. The number of urea groups is 1. The van der Waals surface area contributed by atoms with Crippen molar-refractivity contribution in [2.24, 2.45) is 0 Å². The molecule has 0 spiro atoms. The van der Waals surface area contributed by atoms with E-state index in [-0.39, 0.29) is 6.03 Å². The third-order valence-corrected chi connectivity index (χ3v) is 3.80. The van der Waals surface area contributed by atoms with Gasteiger partial charge in [0.05, 0.1) is 6.10 Å². The van der Waals surface area contributed by atoms with Crippen molar-refractivity contribution in [3.63, 3.8) is 0 Å². The zero-order valence-electron chi connectivity index (χ0n) is 13.3. The highest BCUT2D eigenvalue weighted by Crippen LogP contribution is 2.22. The molecular weight excluding hydrogens is 278 g/mol. The average Bonchev–Trinajstić information content (AvgIpc) is 2.90. The topological polar surface area (TPSA) is 77.2 Å². The average molecular weight is 303 g/mol. The number of aliphatic hydroxyl groups is 1. The lowest BCUT2D eigenvalue weighted by Crippen LogP contribution is -2.40. The van der Waals surface area contributed by atoms with E-state index >= 15 is 0 Å². The molecule has 0 saturated carbocycles. The second-order valence-electron chi connectivity index (χ2n) is 5.64. The second kappa shape index (κ2) is 7.84. The Labute approximate surface area is 131 Å². The highest BCUT2D eigenvalue weighted by Gasteiger charge is 2.08. The predicted molar refractivity (Wildman–Crippen MR) is 89.1 cm³/mol. The van der Waals surface area contributed by atoms with Gasteiger partial charge in [0.15, 0.2) is 0 Å². The van der Waals surface area contributed by atoms with Gasteiger partial charge in [0.25, 0.3) is 0 Å². The van der Waals surface area contributed by atoms with Crippen molar-refractivity contribution >= 4 is 16.9 Å². The summed E-state index contributed by atoms with van der Waals surface area (Å²) in [5.41, 5.74) is 3.57. The molecule has 4 N–H and O–H groups in total. The van der Waals surface area contributed by atoms with Gasteiger partial charge in [-0.25, -0.2) is 4.79 Å². The van der Waals surface area contributed by atoms with Gasteiger partial charge >= 0.3 is 6.03 Å². The zero-order chi connectivity index (χ0) is 15.9. The zero-order valence-corrected chi connectivity index (χ0v) is 13.3. The SMILES string of the molecule is CCCC(O)CNC(=O)NCCc1c[nH]c2cccc(C)c12. The molecular formula is C17H25N3O2. The molecule has 5 nitrogen and oxygen atoms in total. The second-order valence-corrected chi connectivity index (χ2v) is 5.64. The molecule has 120 valence electrons. The molecule has 1 atom stereocenters. The van der Waals surface area contributed by atoms with Crippen molar-refractivity contribution in [2.75, 3.05) is 13.1 Å². The van der Waals surface area contributed by atoms with Gasteiger partial charge in [0.1, 0.15) is 0 Å². The quantitative estimate of drug-likeness (QED) is 0.634. The molecule has 0 saturated heterocycles. The van der Waals surface area contributed by atoms with Crippen LogP contribution in [0.2, 0.25) is 0 Å². The largest absolute Gasteiger partial charge is 0.391 e. The maximum atomic E-state index is 11.7. The Bertz CT molecular complexity index is 621. The molecule has 22 heavy (non-hydrogen) atoms. The summed E-state index contributed by atoms with van der Waals surface area (Å²) in [6, 6.07) is 5.95. The fraction of sp³-hybridized carbons (Fsp3) is 0.471. The van der Waals surface area contributed by atoms with Crippen LogP contribution in [0.1, 0.15) is 30.9 Å². The van der Waals surface area contributed by atoms with Crippen molar-refractivity contribution in [3.05, 3.63) is 35.5 Å². The predicted octanol–water partition coefficient (Wildman–Crippen LogP) is 2.48. The summed E-state index contributed by atoms with van der Waals surface area (Å²) in [5, 5.41) is 16.3. The minimum absolute atomic E-state index is 0.230. The van der Waals surface area contributed by atoms with E-state index in [9.17, 15) is 9.90 Å². The molecule has 2 aromatic rings. The van der Waals surface area contributed by atoms with Gasteiger partial charge in [-0.2, -0.15) is 0 Å². The molecule has 1 heterocycles. The van der Waals surface area contributed by atoms with Crippen LogP contribution >= 0.6 is 0 Å². The van der Waals surface area contributed by atoms with Gasteiger partial charge in [-0.05, 0) is 37.0 Å². The number of benzene rings is 1. The first kappa shape index (κ1) is 16.4. The maximum Gasteiger partial charge on any atom is 0.314 e. The first-order valence-corrected chi connectivity index (χ1v) is 7.87. The van der Waals surface area contributed by atoms with E-state index in [1.54, 1.807) is 0 Å². The summed E-state index contributed by atoms with van der Waals surface area (Å²) < 4.78 is 0. The van der Waals surface area contributed by atoms with Gasteiger partial charge in [-0.1, -0.05) is 25.5 Å². The van der Waals surface area contributed by atoms with E-state index in [1.807, 2.05) is 19.2 Å². The van der Waals surface area contributed by atoms with Crippen LogP contribution < -0.4 is 10.6 Å². The van der Waals surface area contributed by atoms with Crippen molar-refractivity contribution in [1.29, 1.82) is 0 Å². The van der Waals surface area contributed by atoms with E-state index in [0.29, 0.717) is 19.5 Å². The number of aromatic nitrogens is 1. The maximum absolute atomic E-state index is 11.7. The number of aliphatic hydroxyl groups excluding tert-OH is 1. The van der Waals surface area contributed by atoms with Crippen LogP contribution in [0.4, 0.5) is 4.79 Å². The molecule has 2 rings (SSSR count). The van der Waals surface area contributed by atoms with Crippen LogP contribution in [0, 0.1) is 6.92 Å². The lowest BCUT2D eigenvalue weighted by atomic mass is 10.1. The molecule has 1 aromatic carbocycles. The summed E-state index contributed by atoms with van der Waals surface area (Å²) >= 11 is 0. The van der Waals surface area contributed by atoms with Crippen molar-refractivity contribution < 1.29 is 9.90 Å². The Morgan fingerprint density at radius 3 is 2.95 bits per heavy atom. The molecule has 5 heteroatoms. The summed E-state index contributed by atoms with van der Waals surface area (Å²) in [6.07, 6.45) is 3.92. The Morgan fingerprint density at radius 1 is 1.36 bits per heavy atom. The van der Waals surface area contributed by atoms with Crippen LogP contribution in [0.5, 0.6) is 0 Å². The normalized spacial score (nSPS) is 12.3. The minimum atomic E-state index is -0.466. The van der Waals surface area contributed by atoms with E-state index in [4.69, 9.17) is 0 Å². The number of carbonyl (C=O) groups excluding carboxylic acids is 1. The van der Waals surface area contributed by atoms with Gasteiger partial charge in [-0.15, -0.1) is 0 Å². The van der Waals surface area contributed by atoms with Gasteiger partial charge < -0.3 is 20.7 Å². The van der Waals surface area contributed by atoms with Gasteiger partial charge in [0.2, 0.25) is 0 Å². The van der Waals surface area contributed by atoms with Gasteiger partial charge in [0, 0.05) is 30.2 Å². The Balaban J connectivity index is 1.79. The van der Waals surface area contributed by atoms with Crippen LogP contribution in [0.25, 0.3) is 10.9 Å². The molecule has 1 aromatic heterocycles. The molecule has 0 radical (unpaired) electrons. The number of rotatable bonds is 7. The summed E-state index contributed by atoms with van der Waals surface area (Å²) in [7, 11) is 0. The van der Waals surface area contributed by atoms with Crippen LogP contribution in [0.15, 0.2) is 24.4 Å². The van der Waals surface area contributed by atoms with E-state index in [2.05, 4.69) is 34.7 Å². The van der Waals surface area contributed by atoms with Crippen molar-refractivity contribution in [2.45, 2.75) is 39.2 Å². The highest BCUT2D eigenvalue weighted by molar-refractivity contribution is 5.86. The molecule has 0 bridgehead atoms. The van der Waals surface area contributed by atoms with Crippen molar-refractivity contribution in [3.8, 4) is 0 Å². The number of aryl methyl sites for hydroxylation is 1. The summed E-state index contributed by atoms with van der Waals surface area (Å²) in [4.78, 5) is 14.9. The molecule has 2 amide bonds. The van der Waals surface area contributed by atoms with E-state index < -0.39 is 6.10 Å². The molecule has 0 fully saturated rings. The standard InChI is InChI=1S/C17H25N3O2/c1-3-5-14(21)11-20-17(22)18-9-8-13-10-19-15-7-4-6-12(2)16(13)15/h4,6-7,10,14,19,21H,3,5,8-9,11H2,1-2H3,(H2,18,20,22). The first-order valence-electron chi connectivity index (χ1n) is 7.87. The lowest BCUT2D eigenvalue weighted by molar-refractivity contribution is 0.160. The van der Waals surface area contributed by atoms with Gasteiger partial charge in [-0.3, -0.25) is 0 Å². The number of hydrogen-bond acceptors (Lipinski definition) is 2. The molecule has 0 aliphatic rings. The smallest absolute Gasteiger partial charge is 0.314 e. The number of nitrogens with one attached hydrogen (secondary N) is 3. The fourth-order valence-electron chi connectivity index (χ4n) is 2.67. The molecule has 1 unspecified atom stereocenters. The lowest BCUT2D eigenvalue weighted by Gasteiger charge is -2.11. The summed E-state index contributed by atoms with van der Waals surface area (Å²) in [5.74, 6) is 0. The number of hydrogen-bond donors (Lipinski definition) is 4. The number of aromatic amines is 1. The highest BCUT2D eigenvalue weighted by atomic mass is 16.3. The number of fused-ring (bicyclic) bond motifs is 1. The third kappa shape index (κ3) is 4.24. The first-order chi connectivity index (χ1) is 10.6. The van der Waals surface area contributed by atoms with E-state index in [0.717, 1.165) is 18.4 Å². The minimum Gasteiger partial charge on any atom is -0.391 e. The van der Waals surface area contributed by atoms with Crippen LogP contribution in [-0.2, 0) is 6.42 Å². The Hall–Kier alpha value is -2.01. The molecule has 0 aliphatic heterocycles. The number of H-pyrrole nitrogens is 1. The monoisotopic (exact) mass is 303 g/mol. The fourth-order valence-corrected chi connectivity index (χ4v) is 2.67. The van der Waals surface area contributed by atoms with Crippen molar-refractivity contribution in [1.82, 2.24) is 15.6 Å². The van der Waals surface area contributed by atoms with E-state index in [1.165, 1.54) is 16.5 Å². The molecule has 0 aliphatic carbocycles. The summed E-state index contributed by atoms with van der Waals surface area (Å²) in [6.45, 7) is 4.96. The Morgan fingerprint density at radius 2 is 2.18 bits per heavy atom. The van der Waals surface area contributed by atoms with Crippen LogP contribution in [-0.4, -0.2) is 35.3 Å².